The molecule has 7 nitrogen and oxygen atoms in total. The summed E-state index contributed by atoms with van der Waals surface area (Å²) in [5.74, 6) is 0.821. The molecule has 1 N–H and O–H groups in total. The molecule has 0 atom stereocenters. The Morgan fingerprint density at radius 1 is 1.07 bits per heavy atom. The van der Waals surface area contributed by atoms with Gasteiger partial charge in [0.1, 0.15) is 0 Å². The van der Waals surface area contributed by atoms with E-state index in [0.717, 1.165) is 35.7 Å². The minimum absolute atomic E-state index is 0.214. The van der Waals surface area contributed by atoms with E-state index in [1.165, 1.54) is 0 Å². The molecule has 0 bridgehead atoms. The summed E-state index contributed by atoms with van der Waals surface area (Å²) in [4.78, 5) is 19.5. The Morgan fingerprint density at radius 3 is 2.57 bits per heavy atom. The molecule has 0 saturated carbocycles. The van der Waals surface area contributed by atoms with Crippen molar-refractivity contribution in [3.05, 3.63) is 59.7 Å². The molecule has 1 aromatic heterocycles. The van der Waals surface area contributed by atoms with Crippen LogP contribution in [-0.4, -0.2) is 47.0 Å². The highest BCUT2D eigenvalue weighted by Gasteiger charge is 2.19. The molecule has 28 heavy (non-hydrogen) atoms. The standard InChI is InChI=1S/C21H23N5O2/c1-15-8-9-17(16-6-4-3-5-7-16)14-18(15)19(27)22-20-23-21(25(2)24-20)26-10-12-28-13-11-26/h3-9,14H,10-13H2,1-2H3,(H,22,24,27). The first-order valence-corrected chi connectivity index (χ1v) is 9.33. The molecule has 0 unspecified atom stereocenters. The van der Waals surface area contributed by atoms with Crippen LogP contribution in [0.5, 0.6) is 0 Å². The first-order valence-electron chi connectivity index (χ1n) is 9.33. The van der Waals surface area contributed by atoms with Gasteiger partial charge in [0, 0.05) is 25.7 Å². The number of amides is 1. The fourth-order valence-electron chi connectivity index (χ4n) is 3.31. The SMILES string of the molecule is Cc1ccc(-c2ccccc2)cc1C(=O)Nc1nc(N2CCOCC2)n(C)n1. The van der Waals surface area contributed by atoms with Crippen molar-refractivity contribution in [1.29, 1.82) is 0 Å². The lowest BCUT2D eigenvalue weighted by molar-refractivity contribution is 0.102. The van der Waals surface area contributed by atoms with Crippen molar-refractivity contribution in [3.8, 4) is 11.1 Å². The summed E-state index contributed by atoms with van der Waals surface area (Å²) >= 11 is 0. The van der Waals surface area contributed by atoms with E-state index in [4.69, 9.17) is 4.74 Å². The first kappa shape index (κ1) is 18.2. The highest BCUT2D eigenvalue weighted by atomic mass is 16.5. The lowest BCUT2D eigenvalue weighted by Crippen LogP contribution is -2.37. The average molecular weight is 377 g/mol. The van der Waals surface area contributed by atoms with Crippen molar-refractivity contribution < 1.29 is 9.53 Å². The molecule has 0 aliphatic carbocycles. The minimum Gasteiger partial charge on any atom is -0.378 e. The molecule has 7 heteroatoms. The number of rotatable bonds is 4. The van der Waals surface area contributed by atoms with Crippen molar-refractivity contribution in [2.24, 2.45) is 7.05 Å². The highest BCUT2D eigenvalue weighted by Crippen LogP contribution is 2.23. The summed E-state index contributed by atoms with van der Waals surface area (Å²) in [6.07, 6.45) is 0. The Kier molecular flexibility index (Phi) is 5.08. The van der Waals surface area contributed by atoms with Crippen molar-refractivity contribution >= 4 is 17.8 Å². The minimum atomic E-state index is -0.214. The van der Waals surface area contributed by atoms with E-state index in [1.807, 2.05) is 62.5 Å². The lowest BCUT2D eigenvalue weighted by atomic mass is 9.99. The number of carbonyl (C=O) groups is 1. The number of ether oxygens (including phenoxy) is 1. The predicted octanol–water partition coefficient (Wildman–Crippen LogP) is 2.88. The van der Waals surface area contributed by atoms with E-state index in [0.29, 0.717) is 24.7 Å². The molecule has 3 aromatic rings. The van der Waals surface area contributed by atoms with E-state index in [-0.39, 0.29) is 5.91 Å². The summed E-state index contributed by atoms with van der Waals surface area (Å²) in [6.45, 7) is 4.78. The molecule has 4 rings (SSSR count). The summed E-state index contributed by atoms with van der Waals surface area (Å²) in [5, 5.41) is 7.19. The van der Waals surface area contributed by atoms with E-state index in [9.17, 15) is 4.79 Å². The maximum Gasteiger partial charge on any atom is 0.258 e. The molecular formula is C21H23N5O2. The van der Waals surface area contributed by atoms with E-state index in [1.54, 1.807) is 4.68 Å². The summed E-state index contributed by atoms with van der Waals surface area (Å²) in [7, 11) is 1.83. The molecule has 2 aromatic carbocycles. The van der Waals surface area contributed by atoms with Crippen molar-refractivity contribution in [2.45, 2.75) is 6.92 Å². The normalized spacial score (nSPS) is 14.1. The van der Waals surface area contributed by atoms with Crippen LogP contribution in [0.25, 0.3) is 11.1 Å². The van der Waals surface area contributed by atoms with Crippen molar-refractivity contribution in [3.63, 3.8) is 0 Å². The maximum absolute atomic E-state index is 12.9. The van der Waals surface area contributed by atoms with Gasteiger partial charge in [-0.15, -0.1) is 5.10 Å². The van der Waals surface area contributed by atoms with E-state index >= 15 is 0 Å². The van der Waals surface area contributed by atoms with Crippen LogP contribution in [0.4, 0.5) is 11.9 Å². The Hall–Kier alpha value is -3.19. The second kappa shape index (κ2) is 7.82. The molecular weight excluding hydrogens is 354 g/mol. The maximum atomic E-state index is 12.9. The summed E-state index contributed by atoms with van der Waals surface area (Å²) in [6, 6.07) is 15.9. The van der Waals surface area contributed by atoms with Crippen LogP contribution in [0.15, 0.2) is 48.5 Å². The lowest BCUT2D eigenvalue weighted by Gasteiger charge is -2.26. The first-order chi connectivity index (χ1) is 13.6. The van der Waals surface area contributed by atoms with Crippen LogP contribution in [0.1, 0.15) is 15.9 Å². The van der Waals surface area contributed by atoms with Gasteiger partial charge in [-0.1, -0.05) is 42.5 Å². The van der Waals surface area contributed by atoms with Crippen molar-refractivity contribution in [1.82, 2.24) is 14.8 Å². The zero-order valence-corrected chi connectivity index (χ0v) is 16.1. The van der Waals surface area contributed by atoms with Gasteiger partial charge in [-0.05, 0) is 29.7 Å². The number of aryl methyl sites for hydroxylation is 2. The number of carbonyl (C=O) groups excluding carboxylic acids is 1. The van der Waals surface area contributed by atoms with Crippen LogP contribution in [0.2, 0.25) is 0 Å². The zero-order chi connectivity index (χ0) is 19.5. The number of nitrogens with one attached hydrogen (secondary N) is 1. The summed E-state index contributed by atoms with van der Waals surface area (Å²) < 4.78 is 7.07. The van der Waals surface area contributed by atoms with Crippen molar-refractivity contribution in [2.75, 3.05) is 36.5 Å². The quantitative estimate of drug-likeness (QED) is 0.757. The number of anilines is 2. The van der Waals surface area contributed by atoms with Gasteiger partial charge in [0.05, 0.1) is 13.2 Å². The average Bonchev–Trinajstić information content (AvgIpc) is 3.09. The zero-order valence-electron chi connectivity index (χ0n) is 16.1. The Labute approximate surface area is 164 Å². The molecule has 144 valence electrons. The third kappa shape index (κ3) is 3.75. The second-order valence-corrected chi connectivity index (χ2v) is 6.81. The summed E-state index contributed by atoms with van der Waals surface area (Å²) in [5.41, 5.74) is 3.59. The van der Waals surface area contributed by atoms with Gasteiger partial charge in [0.15, 0.2) is 0 Å². The molecule has 1 aliphatic rings. The van der Waals surface area contributed by atoms with Gasteiger partial charge in [-0.25, -0.2) is 4.68 Å². The third-order valence-electron chi connectivity index (χ3n) is 4.85. The van der Waals surface area contributed by atoms with E-state index < -0.39 is 0 Å². The number of benzene rings is 2. The molecule has 1 fully saturated rings. The smallest absolute Gasteiger partial charge is 0.258 e. The number of hydrogen-bond donors (Lipinski definition) is 1. The van der Waals surface area contributed by atoms with Gasteiger partial charge < -0.3 is 9.64 Å². The van der Waals surface area contributed by atoms with Crippen LogP contribution >= 0.6 is 0 Å². The monoisotopic (exact) mass is 377 g/mol. The number of hydrogen-bond acceptors (Lipinski definition) is 5. The number of aromatic nitrogens is 3. The Morgan fingerprint density at radius 2 is 1.82 bits per heavy atom. The van der Waals surface area contributed by atoms with Crippen LogP contribution in [0.3, 0.4) is 0 Å². The Balaban J connectivity index is 1.55. The topological polar surface area (TPSA) is 72.3 Å². The van der Waals surface area contributed by atoms with Gasteiger partial charge in [-0.3, -0.25) is 10.1 Å². The van der Waals surface area contributed by atoms with Crippen LogP contribution in [-0.2, 0) is 11.8 Å². The van der Waals surface area contributed by atoms with Gasteiger partial charge in [-0.2, -0.15) is 4.98 Å². The van der Waals surface area contributed by atoms with Crippen LogP contribution < -0.4 is 10.2 Å². The molecule has 0 radical (unpaired) electrons. The highest BCUT2D eigenvalue weighted by molar-refractivity contribution is 6.05. The molecule has 1 amide bonds. The fourth-order valence-corrected chi connectivity index (χ4v) is 3.31. The number of morpholine rings is 1. The molecule has 1 saturated heterocycles. The third-order valence-corrected chi connectivity index (χ3v) is 4.85. The Bertz CT molecular complexity index is 978. The second-order valence-electron chi connectivity index (χ2n) is 6.81. The fraction of sp³-hybridized carbons (Fsp3) is 0.286. The molecule has 0 spiro atoms. The van der Waals surface area contributed by atoms with Gasteiger partial charge in [0.2, 0.25) is 5.95 Å². The van der Waals surface area contributed by atoms with Gasteiger partial charge in [0.25, 0.3) is 11.9 Å². The molecule has 2 heterocycles. The van der Waals surface area contributed by atoms with Crippen LogP contribution in [0, 0.1) is 6.92 Å². The van der Waals surface area contributed by atoms with E-state index in [2.05, 4.69) is 20.3 Å². The largest absolute Gasteiger partial charge is 0.378 e. The van der Waals surface area contributed by atoms with Gasteiger partial charge >= 0.3 is 0 Å². The number of nitrogens with zero attached hydrogens (tertiary/aromatic N) is 4. The predicted molar refractivity (Wildman–Crippen MR) is 109 cm³/mol. The molecule has 1 aliphatic heterocycles.